The molecule has 8 heteroatoms. The first-order valence-electron chi connectivity index (χ1n) is 9.24. The Morgan fingerprint density at radius 3 is 2.11 bits per heavy atom. The van der Waals surface area contributed by atoms with Gasteiger partial charge in [-0.05, 0) is 50.6 Å². The zero-order chi connectivity index (χ0) is 20.7. The number of likely N-dealkylation sites (N-methyl/N-ethyl adjacent to an activating group) is 1. The zero-order valence-electron chi connectivity index (χ0n) is 16.2. The van der Waals surface area contributed by atoms with E-state index in [-0.39, 0.29) is 5.91 Å². The fraction of sp³-hybridized carbons (Fsp3) is 0.450. The number of carboxylic acids is 2. The van der Waals surface area contributed by atoms with Crippen LogP contribution in [0.4, 0.5) is 11.4 Å². The molecule has 8 nitrogen and oxygen atoms in total. The third-order valence-corrected chi connectivity index (χ3v) is 5.07. The van der Waals surface area contributed by atoms with Crippen molar-refractivity contribution in [3.8, 4) is 0 Å². The second-order valence-electron chi connectivity index (χ2n) is 7.02. The second-order valence-corrected chi connectivity index (χ2v) is 7.02. The predicted molar refractivity (Wildman–Crippen MR) is 107 cm³/mol. The van der Waals surface area contributed by atoms with Crippen LogP contribution in [0.25, 0.3) is 0 Å². The second kappa shape index (κ2) is 9.89. The van der Waals surface area contributed by atoms with Gasteiger partial charge < -0.3 is 20.4 Å². The number of carbonyl (C=O) groups excluding carboxylic acids is 1. The van der Waals surface area contributed by atoms with Crippen molar-refractivity contribution in [1.29, 1.82) is 0 Å². The Kier molecular flexibility index (Phi) is 7.57. The standard InChI is InChI=1S/C16H23N3O.C4H4O4/c1-12(20)17-13-3-5-15(6-4-13)19-10-9-14-7-8-16(11-19)18(14)2;5-3(6)1-2-4(7)8/h3-6,14,16H,7-11H2,1-2H3,(H,17,20);1-2H,(H,5,6)(H,7,8)/b;2-1+. The van der Waals surface area contributed by atoms with Gasteiger partial charge in [0.25, 0.3) is 0 Å². The lowest BCUT2D eigenvalue weighted by Gasteiger charge is -2.27. The van der Waals surface area contributed by atoms with Gasteiger partial charge in [-0.25, -0.2) is 9.59 Å². The van der Waals surface area contributed by atoms with Gasteiger partial charge in [-0.3, -0.25) is 9.69 Å². The van der Waals surface area contributed by atoms with Crippen molar-refractivity contribution in [2.45, 2.75) is 38.3 Å². The number of fused-ring (bicyclic) bond motifs is 2. The minimum atomic E-state index is -1.26. The molecule has 3 N–H and O–H groups in total. The highest BCUT2D eigenvalue weighted by Crippen LogP contribution is 2.31. The molecule has 1 aromatic rings. The smallest absolute Gasteiger partial charge is 0.328 e. The summed E-state index contributed by atoms with van der Waals surface area (Å²) in [5.74, 6) is -2.54. The summed E-state index contributed by atoms with van der Waals surface area (Å²) >= 11 is 0. The fourth-order valence-electron chi connectivity index (χ4n) is 3.64. The Labute approximate surface area is 164 Å². The normalized spacial score (nSPS) is 21.6. The quantitative estimate of drug-likeness (QED) is 0.676. The number of rotatable bonds is 4. The van der Waals surface area contributed by atoms with E-state index in [0.717, 1.165) is 24.8 Å². The van der Waals surface area contributed by atoms with Crippen LogP contribution in [0.3, 0.4) is 0 Å². The van der Waals surface area contributed by atoms with Crippen LogP contribution in [0.1, 0.15) is 26.2 Å². The van der Waals surface area contributed by atoms with E-state index in [1.54, 1.807) is 0 Å². The summed E-state index contributed by atoms with van der Waals surface area (Å²) in [6.45, 7) is 3.78. The van der Waals surface area contributed by atoms with E-state index in [1.165, 1.54) is 31.9 Å². The summed E-state index contributed by atoms with van der Waals surface area (Å²) in [5.41, 5.74) is 2.13. The van der Waals surface area contributed by atoms with Gasteiger partial charge in [-0.1, -0.05) is 0 Å². The van der Waals surface area contributed by atoms with Crippen molar-refractivity contribution < 1.29 is 24.6 Å². The van der Waals surface area contributed by atoms with Crippen LogP contribution in [0.5, 0.6) is 0 Å². The number of carbonyl (C=O) groups is 3. The van der Waals surface area contributed by atoms with Crippen LogP contribution in [-0.2, 0) is 14.4 Å². The predicted octanol–water partition coefficient (Wildman–Crippen LogP) is 2.03. The highest BCUT2D eigenvalue weighted by Gasteiger charge is 2.34. The molecular weight excluding hydrogens is 362 g/mol. The van der Waals surface area contributed by atoms with Crippen LogP contribution < -0.4 is 10.2 Å². The van der Waals surface area contributed by atoms with E-state index in [9.17, 15) is 14.4 Å². The Morgan fingerprint density at radius 1 is 1.00 bits per heavy atom. The summed E-state index contributed by atoms with van der Waals surface area (Å²) < 4.78 is 0. The van der Waals surface area contributed by atoms with Gasteiger partial charge in [0.05, 0.1) is 0 Å². The average Bonchev–Trinajstić information content (AvgIpc) is 2.86. The van der Waals surface area contributed by atoms with Crippen molar-refractivity contribution >= 4 is 29.2 Å². The van der Waals surface area contributed by atoms with Gasteiger partial charge in [0.1, 0.15) is 0 Å². The maximum Gasteiger partial charge on any atom is 0.328 e. The number of hydrogen-bond donors (Lipinski definition) is 3. The molecule has 2 fully saturated rings. The molecule has 0 aliphatic carbocycles. The molecule has 152 valence electrons. The van der Waals surface area contributed by atoms with Crippen molar-refractivity contribution in [2.24, 2.45) is 0 Å². The van der Waals surface area contributed by atoms with E-state index in [0.29, 0.717) is 18.2 Å². The first-order valence-corrected chi connectivity index (χ1v) is 9.24. The molecular formula is C20H27N3O5. The SMILES string of the molecule is CC(=O)Nc1ccc(N2CCC3CCC(C2)N3C)cc1.O=C(O)/C=C/C(=O)O. The monoisotopic (exact) mass is 389 g/mol. The molecule has 2 atom stereocenters. The molecule has 1 amide bonds. The molecule has 28 heavy (non-hydrogen) atoms. The Hall–Kier alpha value is -2.87. The molecule has 2 saturated heterocycles. The molecule has 0 spiro atoms. The van der Waals surface area contributed by atoms with Gasteiger partial charge >= 0.3 is 11.9 Å². The van der Waals surface area contributed by atoms with E-state index >= 15 is 0 Å². The number of anilines is 2. The van der Waals surface area contributed by atoms with Crippen molar-refractivity contribution in [3.05, 3.63) is 36.4 Å². The largest absolute Gasteiger partial charge is 0.478 e. The molecule has 2 unspecified atom stereocenters. The summed E-state index contributed by atoms with van der Waals surface area (Å²) in [5, 5.41) is 18.4. The van der Waals surface area contributed by atoms with Gasteiger partial charge in [-0.2, -0.15) is 0 Å². The number of benzene rings is 1. The maximum absolute atomic E-state index is 11.0. The lowest BCUT2D eigenvalue weighted by molar-refractivity contribution is -0.134. The van der Waals surface area contributed by atoms with E-state index < -0.39 is 11.9 Å². The molecule has 3 rings (SSSR count). The molecule has 2 aliphatic rings. The highest BCUT2D eigenvalue weighted by atomic mass is 16.4. The summed E-state index contributed by atoms with van der Waals surface area (Å²) in [6, 6.07) is 9.67. The third kappa shape index (κ3) is 6.38. The van der Waals surface area contributed by atoms with Gasteiger partial charge in [0.15, 0.2) is 0 Å². The van der Waals surface area contributed by atoms with Crippen LogP contribution >= 0.6 is 0 Å². The third-order valence-electron chi connectivity index (χ3n) is 5.07. The Balaban J connectivity index is 0.000000300. The average molecular weight is 389 g/mol. The summed E-state index contributed by atoms with van der Waals surface area (Å²) in [7, 11) is 2.27. The highest BCUT2D eigenvalue weighted by molar-refractivity contribution is 5.89. The van der Waals surface area contributed by atoms with Gasteiger partial charge in [0.2, 0.25) is 5.91 Å². The van der Waals surface area contributed by atoms with Crippen molar-refractivity contribution in [3.63, 3.8) is 0 Å². The molecule has 2 bridgehead atoms. The molecule has 1 aromatic carbocycles. The summed E-state index contributed by atoms with van der Waals surface area (Å²) in [6.07, 6.45) is 5.04. The van der Waals surface area contributed by atoms with Crippen molar-refractivity contribution in [2.75, 3.05) is 30.4 Å². The number of hydrogen-bond acceptors (Lipinski definition) is 5. The topological polar surface area (TPSA) is 110 Å². The van der Waals surface area contributed by atoms with Crippen LogP contribution in [-0.4, -0.2) is 65.2 Å². The first-order chi connectivity index (χ1) is 13.3. The van der Waals surface area contributed by atoms with Crippen molar-refractivity contribution in [1.82, 2.24) is 4.90 Å². The lowest BCUT2D eigenvalue weighted by atomic mass is 10.1. The molecule has 2 heterocycles. The lowest BCUT2D eigenvalue weighted by Crippen LogP contribution is -2.36. The molecule has 0 saturated carbocycles. The number of carboxylic acid groups (broad SMARTS) is 2. The molecule has 2 aliphatic heterocycles. The number of nitrogens with zero attached hydrogens (tertiary/aromatic N) is 2. The van der Waals surface area contributed by atoms with E-state index in [2.05, 4.69) is 34.3 Å². The Morgan fingerprint density at radius 2 is 1.57 bits per heavy atom. The fourth-order valence-corrected chi connectivity index (χ4v) is 3.64. The molecule has 0 radical (unpaired) electrons. The first kappa shape index (κ1) is 21.4. The van der Waals surface area contributed by atoms with Gasteiger partial charge in [-0.15, -0.1) is 0 Å². The summed E-state index contributed by atoms with van der Waals surface area (Å²) in [4.78, 5) is 35.2. The van der Waals surface area contributed by atoms with E-state index in [4.69, 9.17) is 10.2 Å². The van der Waals surface area contributed by atoms with Crippen LogP contribution in [0, 0.1) is 0 Å². The van der Waals surface area contributed by atoms with Gasteiger partial charge in [0, 0.05) is 55.6 Å². The van der Waals surface area contributed by atoms with Crippen LogP contribution in [0.2, 0.25) is 0 Å². The number of nitrogens with one attached hydrogen (secondary N) is 1. The number of aliphatic carboxylic acids is 2. The van der Waals surface area contributed by atoms with Crippen LogP contribution in [0.15, 0.2) is 36.4 Å². The Bertz CT molecular complexity index is 716. The number of amides is 1. The zero-order valence-corrected chi connectivity index (χ0v) is 16.2. The minimum absolute atomic E-state index is 0.0218. The minimum Gasteiger partial charge on any atom is -0.478 e. The van der Waals surface area contributed by atoms with E-state index in [1.807, 2.05) is 12.1 Å². The maximum atomic E-state index is 11.0. The molecule has 0 aromatic heterocycles.